The van der Waals surface area contributed by atoms with Gasteiger partial charge in [-0.3, -0.25) is 9.59 Å². The molecule has 2 aromatic carbocycles. The molecule has 9 N–H and O–H groups in total. The Bertz CT molecular complexity index is 1570. The SMILES string of the molecule is O=C(NCc1ccc(CO)cc1)[C@@H]1C[C@@H](OCCn2cc(CO)nn2)[C@H](O[C@H]2O[C@H](CO)[C@@H](O)[C@H](O)[C@@H]2O)C[C@H]1C(=O)NCc1ccc(CO)cc1. The van der Waals surface area contributed by atoms with Crippen LogP contribution in [-0.4, -0.2) is 119 Å². The third-order valence-electron chi connectivity index (χ3n) is 9.45. The van der Waals surface area contributed by atoms with E-state index in [0.29, 0.717) is 16.8 Å². The number of carbonyl (C=O) groups excluding carboxylic acids is 2. The van der Waals surface area contributed by atoms with Crippen molar-refractivity contribution in [2.75, 3.05) is 13.2 Å². The zero-order chi connectivity index (χ0) is 37.2. The van der Waals surface area contributed by atoms with Crippen LogP contribution in [0.25, 0.3) is 0 Å². The second-order valence-corrected chi connectivity index (χ2v) is 13.0. The highest BCUT2D eigenvalue weighted by Crippen LogP contribution is 2.37. The lowest BCUT2D eigenvalue weighted by atomic mass is 9.75. The number of carbonyl (C=O) groups is 2. The first-order chi connectivity index (χ1) is 25.1. The van der Waals surface area contributed by atoms with Gasteiger partial charge >= 0.3 is 0 Å². The molecule has 1 saturated carbocycles. The molecule has 9 atom stereocenters. The highest BCUT2D eigenvalue weighted by molar-refractivity contribution is 5.88. The molecule has 17 nitrogen and oxygen atoms in total. The number of aliphatic hydroxyl groups is 7. The normalized spacial score (nSPS) is 27.6. The van der Waals surface area contributed by atoms with Gasteiger partial charge in [-0.2, -0.15) is 0 Å². The fourth-order valence-corrected chi connectivity index (χ4v) is 6.37. The number of benzene rings is 2. The van der Waals surface area contributed by atoms with Gasteiger partial charge in [-0.1, -0.05) is 53.7 Å². The van der Waals surface area contributed by atoms with Crippen LogP contribution in [0, 0.1) is 11.8 Å². The Morgan fingerprint density at radius 1 is 0.750 bits per heavy atom. The Morgan fingerprint density at radius 2 is 1.29 bits per heavy atom. The first-order valence-electron chi connectivity index (χ1n) is 17.1. The van der Waals surface area contributed by atoms with E-state index in [1.54, 1.807) is 54.7 Å². The van der Waals surface area contributed by atoms with E-state index in [9.17, 15) is 45.3 Å². The summed E-state index contributed by atoms with van der Waals surface area (Å²) in [6.45, 7) is -0.643. The van der Waals surface area contributed by atoms with Gasteiger partial charge < -0.3 is 60.6 Å². The third kappa shape index (κ3) is 9.95. The molecule has 0 radical (unpaired) electrons. The highest BCUT2D eigenvalue weighted by Gasteiger charge is 2.49. The van der Waals surface area contributed by atoms with Gasteiger partial charge in [-0.15, -0.1) is 5.10 Å². The Labute approximate surface area is 299 Å². The lowest BCUT2D eigenvalue weighted by molar-refractivity contribution is -0.321. The minimum absolute atomic E-state index is 0.0000958. The molecule has 2 aliphatic rings. The van der Waals surface area contributed by atoms with E-state index in [2.05, 4.69) is 20.9 Å². The Morgan fingerprint density at radius 3 is 1.79 bits per heavy atom. The topological polar surface area (TPSA) is 258 Å². The molecule has 5 rings (SSSR count). The molecule has 1 aromatic heterocycles. The maximum absolute atomic E-state index is 13.9. The molecule has 1 saturated heterocycles. The summed E-state index contributed by atoms with van der Waals surface area (Å²) >= 11 is 0. The predicted octanol–water partition coefficient (Wildman–Crippen LogP) is -2.02. The minimum atomic E-state index is -1.71. The van der Waals surface area contributed by atoms with Crippen molar-refractivity contribution < 1.29 is 59.5 Å². The Balaban J connectivity index is 1.37. The fraction of sp³-hybridized carbons (Fsp3) is 0.543. The molecule has 1 aliphatic heterocycles. The molecular formula is C35H47N5O12. The number of hydrogen-bond acceptors (Lipinski definition) is 14. The highest BCUT2D eigenvalue weighted by atomic mass is 16.7. The molecule has 0 bridgehead atoms. The van der Waals surface area contributed by atoms with Gasteiger partial charge in [0.1, 0.15) is 30.1 Å². The third-order valence-corrected chi connectivity index (χ3v) is 9.45. The summed E-state index contributed by atoms with van der Waals surface area (Å²) in [4.78, 5) is 27.8. The quantitative estimate of drug-likeness (QED) is 0.0772. The zero-order valence-corrected chi connectivity index (χ0v) is 28.5. The maximum Gasteiger partial charge on any atom is 0.224 e. The molecule has 2 heterocycles. The van der Waals surface area contributed by atoms with E-state index < -0.39 is 73.2 Å². The molecular weight excluding hydrogens is 682 g/mol. The number of amides is 2. The van der Waals surface area contributed by atoms with Crippen molar-refractivity contribution in [3.8, 4) is 0 Å². The van der Waals surface area contributed by atoms with Gasteiger partial charge in [0, 0.05) is 13.1 Å². The summed E-state index contributed by atoms with van der Waals surface area (Å²) in [5.41, 5.74) is 3.33. The van der Waals surface area contributed by atoms with E-state index in [1.807, 2.05) is 0 Å². The molecule has 2 fully saturated rings. The number of aliphatic hydroxyl groups excluding tert-OH is 7. The van der Waals surface area contributed by atoms with Crippen molar-refractivity contribution in [3.05, 3.63) is 82.7 Å². The lowest BCUT2D eigenvalue weighted by Crippen LogP contribution is -2.61. The number of ether oxygens (including phenoxy) is 3. The van der Waals surface area contributed by atoms with E-state index in [4.69, 9.17) is 14.2 Å². The Kier molecular flexibility index (Phi) is 14.2. The Hall–Kier alpha value is -3.88. The summed E-state index contributed by atoms with van der Waals surface area (Å²) in [6.07, 6.45) is -8.11. The molecule has 2 amide bonds. The zero-order valence-electron chi connectivity index (χ0n) is 28.5. The van der Waals surface area contributed by atoms with Crippen molar-refractivity contribution in [2.45, 2.75) is 95.2 Å². The molecule has 284 valence electrons. The minimum Gasteiger partial charge on any atom is -0.394 e. The van der Waals surface area contributed by atoms with Crippen LogP contribution < -0.4 is 10.6 Å². The van der Waals surface area contributed by atoms with Crippen LogP contribution in [-0.2, 0) is 63.3 Å². The first kappa shape index (κ1) is 39.3. The van der Waals surface area contributed by atoms with Crippen molar-refractivity contribution in [3.63, 3.8) is 0 Å². The van der Waals surface area contributed by atoms with Crippen molar-refractivity contribution in [2.24, 2.45) is 11.8 Å². The van der Waals surface area contributed by atoms with Crippen LogP contribution in [0.15, 0.2) is 54.7 Å². The van der Waals surface area contributed by atoms with Crippen molar-refractivity contribution in [1.29, 1.82) is 0 Å². The van der Waals surface area contributed by atoms with Crippen molar-refractivity contribution in [1.82, 2.24) is 25.6 Å². The summed E-state index contributed by atoms with van der Waals surface area (Å²) < 4.78 is 19.5. The molecule has 3 aromatic rings. The van der Waals surface area contributed by atoms with Crippen LogP contribution in [0.1, 0.15) is 40.8 Å². The predicted molar refractivity (Wildman–Crippen MR) is 179 cm³/mol. The molecule has 17 heteroatoms. The molecule has 0 spiro atoms. The van der Waals surface area contributed by atoms with Crippen LogP contribution in [0.2, 0.25) is 0 Å². The standard InChI is InChI=1S/C35H47N5O12/c41-16-22-5-1-20(2-6-22)13-36-33(48)25-11-27(50-10-9-40-15-24(18-43)38-39-40)28(51-35-32(47)31(46)30(45)29(19-44)52-35)12-26(25)34(49)37-14-21-3-7-23(17-42)8-4-21/h1-8,15,25-32,35,41-47H,9-14,16-19H2,(H,36,48)(H,37,49)/t25-,26-,27-,28-,29-,30-,31+,32+,35+/m1/s1. The second kappa shape index (κ2) is 18.7. The average molecular weight is 730 g/mol. The van der Waals surface area contributed by atoms with Crippen LogP contribution in [0.4, 0.5) is 0 Å². The summed E-state index contributed by atoms with van der Waals surface area (Å²) in [5, 5.41) is 82.9. The molecule has 1 aliphatic carbocycles. The number of nitrogens with zero attached hydrogens (tertiary/aromatic N) is 3. The summed E-state index contributed by atoms with van der Waals surface area (Å²) in [7, 11) is 0. The van der Waals surface area contributed by atoms with Gasteiger partial charge in [0.05, 0.1) is 69.8 Å². The van der Waals surface area contributed by atoms with E-state index >= 15 is 0 Å². The number of aromatic nitrogens is 3. The molecule has 0 unspecified atom stereocenters. The van der Waals surface area contributed by atoms with E-state index in [-0.39, 0.29) is 58.9 Å². The largest absolute Gasteiger partial charge is 0.394 e. The number of nitrogens with one attached hydrogen (secondary N) is 2. The first-order valence-corrected chi connectivity index (χ1v) is 17.1. The smallest absolute Gasteiger partial charge is 0.224 e. The monoisotopic (exact) mass is 729 g/mol. The molecule has 52 heavy (non-hydrogen) atoms. The van der Waals surface area contributed by atoms with Gasteiger partial charge in [-0.05, 0) is 35.1 Å². The summed E-state index contributed by atoms with van der Waals surface area (Å²) in [5.74, 6) is -2.72. The van der Waals surface area contributed by atoms with Crippen molar-refractivity contribution >= 4 is 11.8 Å². The average Bonchev–Trinajstić information content (AvgIpc) is 3.64. The number of rotatable bonds is 16. The second-order valence-electron chi connectivity index (χ2n) is 13.0. The van der Waals surface area contributed by atoms with E-state index in [1.165, 1.54) is 4.68 Å². The number of hydrogen-bond donors (Lipinski definition) is 9. The van der Waals surface area contributed by atoms with Gasteiger partial charge in [0.2, 0.25) is 11.8 Å². The van der Waals surface area contributed by atoms with Crippen LogP contribution >= 0.6 is 0 Å². The van der Waals surface area contributed by atoms with Gasteiger partial charge in [0.25, 0.3) is 0 Å². The fourth-order valence-electron chi connectivity index (χ4n) is 6.37. The maximum atomic E-state index is 13.9. The lowest BCUT2D eigenvalue weighted by Gasteiger charge is -2.44. The van der Waals surface area contributed by atoms with Gasteiger partial charge in [0.15, 0.2) is 6.29 Å². The summed E-state index contributed by atoms with van der Waals surface area (Å²) in [6, 6.07) is 14.1. The van der Waals surface area contributed by atoms with Crippen LogP contribution in [0.5, 0.6) is 0 Å². The van der Waals surface area contributed by atoms with Crippen LogP contribution in [0.3, 0.4) is 0 Å². The van der Waals surface area contributed by atoms with Gasteiger partial charge in [-0.25, -0.2) is 4.68 Å². The van der Waals surface area contributed by atoms with E-state index in [0.717, 1.165) is 11.1 Å².